The van der Waals surface area contributed by atoms with Crippen molar-refractivity contribution in [2.24, 2.45) is 0 Å². The zero-order valence-electron chi connectivity index (χ0n) is 11.8. The van der Waals surface area contributed by atoms with Crippen molar-refractivity contribution in [3.63, 3.8) is 0 Å². The lowest BCUT2D eigenvalue weighted by Gasteiger charge is -2.30. The SMILES string of the molecule is CCOc1ccc(C2CC(O)c3ccc(Br)cc3O2)cc1. The minimum atomic E-state index is -0.501. The Morgan fingerprint density at radius 3 is 2.71 bits per heavy atom. The van der Waals surface area contributed by atoms with E-state index in [4.69, 9.17) is 9.47 Å². The molecule has 0 aromatic heterocycles. The van der Waals surface area contributed by atoms with Crippen molar-refractivity contribution in [3.05, 3.63) is 58.1 Å². The third kappa shape index (κ3) is 3.06. The van der Waals surface area contributed by atoms with E-state index in [9.17, 15) is 5.11 Å². The summed E-state index contributed by atoms with van der Waals surface area (Å²) in [6.07, 6.45) is -0.0845. The summed E-state index contributed by atoms with van der Waals surface area (Å²) in [5, 5.41) is 10.3. The van der Waals surface area contributed by atoms with Gasteiger partial charge in [-0.05, 0) is 36.8 Å². The summed E-state index contributed by atoms with van der Waals surface area (Å²) in [5.74, 6) is 1.59. The van der Waals surface area contributed by atoms with Crippen LogP contribution < -0.4 is 9.47 Å². The molecule has 1 N–H and O–H groups in total. The molecule has 2 unspecified atom stereocenters. The van der Waals surface area contributed by atoms with E-state index in [1.165, 1.54) is 0 Å². The average Bonchev–Trinajstić information content (AvgIpc) is 2.48. The molecule has 2 aromatic carbocycles. The van der Waals surface area contributed by atoms with Crippen LogP contribution in [0.25, 0.3) is 0 Å². The molecular formula is C17H17BrO3. The van der Waals surface area contributed by atoms with Gasteiger partial charge in [-0.3, -0.25) is 0 Å². The fraction of sp³-hybridized carbons (Fsp3) is 0.294. The summed E-state index contributed by atoms with van der Waals surface area (Å²) in [4.78, 5) is 0. The second kappa shape index (κ2) is 6.08. The number of aliphatic hydroxyl groups excluding tert-OH is 1. The van der Waals surface area contributed by atoms with Crippen LogP contribution in [0.5, 0.6) is 11.5 Å². The van der Waals surface area contributed by atoms with E-state index in [-0.39, 0.29) is 6.10 Å². The molecule has 1 aliphatic rings. The minimum Gasteiger partial charge on any atom is -0.494 e. The third-order valence-corrected chi connectivity index (χ3v) is 4.10. The molecule has 0 fully saturated rings. The Labute approximate surface area is 132 Å². The zero-order valence-corrected chi connectivity index (χ0v) is 13.3. The number of hydrogen-bond acceptors (Lipinski definition) is 3. The van der Waals surface area contributed by atoms with Gasteiger partial charge in [0.15, 0.2) is 0 Å². The molecule has 0 radical (unpaired) electrons. The molecule has 1 aliphatic heterocycles. The Morgan fingerprint density at radius 2 is 2.00 bits per heavy atom. The van der Waals surface area contributed by atoms with Crippen LogP contribution >= 0.6 is 15.9 Å². The van der Waals surface area contributed by atoms with Crippen LogP contribution in [0.1, 0.15) is 36.7 Å². The normalized spacial score (nSPS) is 20.5. The first-order valence-corrected chi connectivity index (χ1v) is 7.83. The molecule has 2 atom stereocenters. The predicted molar refractivity (Wildman–Crippen MR) is 84.7 cm³/mol. The maximum Gasteiger partial charge on any atom is 0.127 e. The molecule has 4 heteroatoms. The summed E-state index contributed by atoms with van der Waals surface area (Å²) in [5.41, 5.74) is 1.89. The summed E-state index contributed by atoms with van der Waals surface area (Å²) < 4.78 is 12.4. The quantitative estimate of drug-likeness (QED) is 0.892. The zero-order chi connectivity index (χ0) is 14.8. The molecule has 3 nitrogen and oxygen atoms in total. The van der Waals surface area contributed by atoms with Gasteiger partial charge in [-0.1, -0.05) is 34.1 Å². The lowest BCUT2D eigenvalue weighted by atomic mass is 9.95. The van der Waals surface area contributed by atoms with Crippen molar-refractivity contribution in [2.45, 2.75) is 25.6 Å². The maximum atomic E-state index is 10.3. The van der Waals surface area contributed by atoms with Crippen molar-refractivity contribution in [1.82, 2.24) is 0 Å². The number of rotatable bonds is 3. The molecule has 0 amide bonds. The Balaban J connectivity index is 1.84. The van der Waals surface area contributed by atoms with Gasteiger partial charge in [-0.25, -0.2) is 0 Å². The summed E-state index contributed by atoms with van der Waals surface area (Å²) in [7, 11) is 0. The van der Waals surface area contributed by atoms with Crippen LogP contribution in [-0.2, 0) is 0 Å². The van der Waals surface area contributed by atoms with Gasteiger partial charge >= 0.3 is 0 Å². The Morgan fingerprint density at radius 1 is 1.24 bits per heavy atom. The molecule has 0 saturated carbocycles. The van der Waals surface area contributed by atoms with Crippen LogP contribution in [0.2, 0.25) is 0 Å². The van der Waals surface area contributed by atoms with Gasteiger partial charge in [0.1, 0.15) is 17.6 Å². The molecule has 0 spiro atoms. The molecule has 2 aromatic rings. The predicted octanol–water partition coefficient (Wildman–Crippen LogP) is 4.41. The van der Waals surface area contributed by atoms with Crippen LogP contribution in [0.4, 0.5) is 0 Å². The first kappa shape index (κ1) is 14.4. The van der Waals surface area contributed by atoms with E-state index >= 15 is 0 Å². The highest BCUT2D eigenvalue weighted by Crippen LogP contribution is 2.41. The van der Waals surface area contributed by atoms with Crippen molar-refractivity contribution in [1.29, 1.82) is 0 Å². The molecule has 110 valence electrons. The van der Waals surface area contributed by atoms with E-state index < -0.39 is 6.10 Å². The fourth-order valence-electron chi connectivity index (χ4n) is 2.57. The van der Waals surface area contributed by atoms with Crippen molar-refractivity contribution in [2.75, 3.05) is 6.61 Å². The number of aliphatic hydroxyl groups is 1. The van der Waals surface area contributed by atoms with Gasteiger partial charge in [0, 0.05) is 16.5 Å². The molecule has 21 heavy (non-hydrogen) atoms. The van der Waals surface area contributed by atoms with E-state index in [1.54, 1.807) is 0 Å². The summed E-state index contributed by atoms with van der Waals surface area (Å²) in [6, 6.07) is 13.6. The van der Waals surface area contributed by atoms with Gasteiger partial charge in [0.2, 0.25) is 0 Å². The van der Waals surface area contributed by atoms with Gasteiger partial charge in [-0.2, -0.15) is 0 Å². The highest BCUT2D eigenvalue weighted by molar-refractivity contribution is 9.10. The van der Waals surface area contributed by atoms with E-state index in [0.29, 0.717) is 13.0 Å². The number of halogens is 1. The molecule has 3 rings (SSSR count). The van der Waals surface area contributed by atoms with Crippen LogP contribution in [0.15, 0.2) is 46.9 Å². The van der Waals surface area contributed by atoms with Crippen LogP contribution in [0.3, 0.4) is 0 Å². The molecule has 1 heterocycles. The van der Waals surface area contributed by atoms with Crippen molar-refractivity contribution >= 4 is 15.9 Å². The number of hydrogen-bond donors (Lipinski definition) is 1. The maximum absolute atomic E-state index is 10.3. The lowest BCUT2D eigenvalue weighted by molar-refractivity contribution is 0.0656. The van der Waals surface area contributed by atoms with Gasteiger partial charge in [0.05, 0.1) is 12.7 Å². The first-order chi connectivity index (χ1) is 10.2. The standard InChI is InChI=1S/C17H17BrO3/c1-2-20-13-6-3-11(4-7-13)16-10-15(19)14-8-5-12(18)9-17(14)21-16/h3-9,15-16,19H,2,10H2,1H3. The Kier molecular flexibility index (Phi) is 4.17. The topological polar surface area (TPSA) is 38.7 Å². The lowest BCUT2D eigenvalue weighted by Crippen LogP contribution is -2.19. The second-order valence-corrected chi connectivity index (χ2v) is 5.96. The monoisotopic (exact) mass is 348 g/mol. The number of fused-ring (bicyclic) bond motifs is 1. The van der Waals surface area contributed by atoms with E-state index in [0.717, 1.165) is 27.1 Å². The fourth-order valence-corrected chi connectivity index (χ4v) is 2.91. The third-order valence-electron chi connectivity index (χ3n) is 3.60. The van der Waals surface area contributed by atoms with Crippen LogP contribution in [-0.4, -0.2) is 11.7 Å². The van der Waals surface area contributed by atoms with Gasteiger partial charge in [0.25, 0.3) is 0 Å². The second-order valence-electron chi connectivity index (χ2n) is 5.04. The summed E-state index contributed by atoms with van der Waals surface area (Å²) >= 11 is 3.44. The Hall–Kier alpha value is -1.52. The highest BCUT2D eigenvalue weighted by Gasteiger charge is 2.28. The largest absolute Gasteiger partial charge is 0.494 e. The number of benzene rings is 2. The molecule has 0 bridgehead atoms. The highest BCUT2D eigenvalue weighted by atomic mass is 79.9. The summed E-state index contributed by atoms with van der Waals surface area (Å²) in [6.45, 7) is 2.61. The minimum absolute atomic E-state index is 0.141. The average molecular weight is 349 g/mol. The molecular weight excluding hydrogens is 332 g/mol. The first-order valence-electron chi connectivity index (χ1n) is 7.04. The molecule has 0 saturated heterocycles. The number of ether oxygens (including phenoxy) is 2. The van der Waals surface area contributed by atoms with E-state index in [2.05, 4.69) is 15.9 Å². The van der Waals surface area contributed by atoms with Crippen LogP contribution in [0, 0.1) is 0 Å². The molecule has 0 aliphatic carbocycles. The van der Waals surface area contributed by atoms with Crippen molar-refractivity contribution in [3.8, 4) is 11.5 Å². The van der Waals surface area contributed by atoms with Gasteiger partial charge in [-0.15, -0.1) is 0 Å². The van der Waals surface area contributed by atoms with E-state index in [1.807, 2.05) is 49.4 Å². The smallest absolute Gasteiger partial charge is 0.127 e. The Bertz CT molecular complexity index is 624. The van der Waals surface area contributed by atoms with Crippen molar-refractivity contribution < 1.29 is 14.6 Å². The van der Waals surface area contributed by atoms with Gasteiger partial charge < -0.3 is 14.6 Å².